The Morgan fingerprint density at radius 2 is 2.20 bits per heavy atom. The Morgan fingerprint density at radius 3 is 2.92 bits per heavy atom. The number of amides is 1. The molecule has 2 aromatic rings. The van der Waals surface area contributed by atoms with E-state index in [0.29, 0.717) is 30.6 Å². The van der Waals surface area contributed by atoms with Crippen molar-refractivity contribution in [3.05, 3.63) is 23.3 Å². The molecule has 4 rings (SSSR count). The van der Waals surface area contributed by atoms with E-state index >= 15 is 0 Å². The monoisotopic (exact) mass is 341 g/mol. The highest BCUT2D eigenvalue weighted by Gasteiger charge is 2.42. The van der Waals surface area contributed by atoms with Gasteiger partial charge in [-0.1, -0.05) is 6.42 Å². The summed E-state index contributed by atoms with van der Waals surface area (Å²) in [4.78, 5) is 21.1. The van der Waals surface area contributed by atoms with E-state index in [1.807, 2.05) is 13.8 Å². The van der Waals surface area contributed by atoms with Crippen LogP contribution in [0.2, 0.25) is 0 Å². The summed E-state index contributed by atoms with van der Waals surface area (Å²) in [6.45, 7) is 6.18. The summed E-state index contributed by atoms with van der Waals surface area (Å²) in [6.07, 6.45) is 8.15. The molecule has 0 unspecified atom stereocenters. The van der Waals surface area contributed by atoms with Gasteiger partial charge >= 0.3 is 0 Å². The molecule has 25 heavy (non-hydrogen) atoms. The third-order valence-corrected chi connectivity index (χ3v) is 6.41. The number of rotatable bonds is 5. The topological polar surface area (TPSA) is 72.2 Å². The quantitative estimate of drug-likeness (QED) is 0.907. The van der Waals surface area contributed by atoms with E-state index in [2.05, 4.69) is 27.3 Å². The predicted molar refractivity (Wildman–Crippen MR) is 95.1 cm³/mol. The van der Waals surface area contributed by atoms with Crippen molar-refractivity contribution in [2.75, 3.05) is 0 Å². The second kappa shape index (κ2) is 6.39. The first-order valence-corrected chi connectivity index (χ1v) is 9.48. The highest BCUT2D eigenvalue weighted by atomic mass is 16.1. The summed E-state index contributed by atoms with van der Waals surface area (Å²) < 4.78 is 1.75. The molecule has 0 saturated heterocycles. The molecule has 0 aliphatic heterocycles. The van der Waals surface area contributed by atoms with Crippen LogP contribution in [0.15, 0.2) is 6.33 Å². The average Bonchev–Trinajstić information content (AvgIpc) is 3.30. The van der Waals surface area contributed by atoms with Gasteiger partial charge < -0.3 is 5.32 Å². The molecule has 2 heterocycles. The lowest BCUT2D eigenvalue weighted by atomic mass is 9.84. The van der Waals surface area contributed by atoms with Crippen molar-refractivity contribution >= 4 is 11.7 Å². The maximum Gasteiger partial charge on any atom is 0.252 e. The number of carbonyl (C=O) groups is 1. The van der Waals surface area contributed by atoms with E-state index in [1.54, 1.807) is 4.52 Å². The zero-order chi connectivity index (χ0) is 17.6. The molecule has 2 aromatic heterocycles. The van der Waals surface area contributed by atoms with Crippen LogP contribution in [0.3, 0.4) is 0 Å². The van der Waals surface area contributed by atoms with Crippen molar-refractivity contribution in [2.45, 2.75) is 65.3 Å². The van der Waals surface area contributed by atoms with Gasteiger partial charge in [0.15, 0.2) is 0 Å². The minimum atomic E-state index is 0.146. The van der Waals surface area contributed by atoms with Gasteiger partial charge in [0.05, 0.1) is 0 Å². The summed E-state index contributed by atoms with van der Waals surface area (Å²) in [7, 11) is 0. The third kappa shape index (κ3) is 3.02. The normalized spacial score (nSPS) is 26.3. The number of nitrogens with one attached hydrogen (secondary N) is 1. The van der Waals surface area contributed by atoms with Crippen LogP contribution < -0.4 is 5.32 Å². The lowest BCUT2D eigenvalue weighted by molar-refractivity contribution is -0.122. The number of aryl methyl sites for hydroxylation is 2. The minimum absolute atomic E-state index is 0.146. The highest BCUT2D eigenvalue weighted by molar-refractivity contribution is 5.76. The first-order chi connectivity index (χ1) is 12.0. The fraction of sp³-hybridized carbons (Fsp3) is 0.684. The van der Waals surface area contributed by atoms with Crippen molar-refractivity contribution in [2.24, 2.45) is 17.8 Å². The minimum Gasteiger partial charge on any atom is -0.353 e. The van der Waals surface area contributed by atoms with Crippen LogP contribution >= 0.6 is 0 Å². The second-order valence-electron chi connectivity index (χ2n) is 7.93. The Balaban J connectivity index is 1.37. The van der Waals surface area contributed by atoms with Gasteiger partial charge in [-0.15, -0.1) is 0 Å². The molecule has 2 fully saturated rings. The number of aromatic nitrogens is 4. The fourth-order valence-electron chi connectivity index (χ4n) is 5.10. The third-order valence-electron chi connectivity index (χ3n) is 6.41. The largest absolute Gasteiger partial charge is 0.353 e. The lowest BCUT2D eigenvalue weighted by Crippen LogP contribution is -2.40. The summed E-state index contributed by atoms with van der Waals surface area (Å²) in [5.41, 5.74) is 3.06. The van der Waals surface area contributed by atoms with Crippen LogP contribution in [0, 0.1) is 31.6 Å². The van der Waals surface area contributed by atoms with Crippen molar-refractivity contribution in [3.8, 4) is 0 Å². The molecular formula is C19H27N5O. The lowest BCUT2D eigenvalue weighted by Gasteiger charge is -2.28. The van der Waals surface area contributed by atoms with Crippen LogP contribution in [0.1, 0.15) is 56.0 Å². The Labute approximate surface area is 148 Å². The van der Waals surface area contributed by atoms with Crippen molar-refractivity contribution in [1.82, 2.24) is 24.9 Å². The first-order valence-electron chi connectivity index (χ1n) is 9.48. The van der Waals surface area contributed by atoms with Crippen LogP contribution in [-0.2, 0) is 11.2 Å². The van der Waals surface area contributed by atoms with E-state index in [9.17, 15) is 4.79 Å². The van der Waals surface area contributed by atoms with Crippen LogP contribution in [0.4, 0.5) is 0 Å². The maximum atomic E-state index is 12.5. The standard InChI is InChI=1S/C19H27N5O/c1-11-16(13(3)24-19(23-11)20-10-21-24)6-7-18(25)22-12(2)17-9-14-4-5-15(17)8-14/h10,12,14-15,17H,4-9H2,1-3H3,(H,22,25)/t12-,14+,15+,17-/m1/s1. The van der Waals surface area contributed by atoms with E-state index in [1.165, 1.54) is 32.0 Å². The Bertz CT molecular complexity index is 798. The second-order valence-corrected chi connectivity index (χ2v) is 7.93. The van der Waals surface area contributed by atoms with Crippen molar-refractivity contribution < 1.29 is 4.79 Å². The first kappa shape index (κ1) is 16.5. The van der Waals surface area contributed by atoms with Gasteiger partial charge in [0.2, 0.25) is 5.91 Å². The highest BCUT2D eigenvalue weighted by Crippen LogP contribution is 2.49. The van der Waals surface area contributed by atoms with Gasteiger partial charge in [0, 0.05) is 23.9 Å². The number of carbonyl (C=O) groups excluding carboxylic acids is 1. The molecule has 1 amide bonds. The molecule has 0 aromatic carbocycles. The molecular weight excluding hydrogens is 314 g/mol. The van der Waals surface area contributed by atoms with Gasteiger partial charge in [-0.05, 0) is 69.8 Å². The Kier molecular flexibility index (Phi) is 4.21. The van der Waals surface area contributed by atoms with Gasteiger partial charge in [0.1, 0.15) is 6.33 Å². The van der Waals surface area contributed by atoms with Gasteiger partial charge in [0.25, 0.3) is 5.78 Å². The maximum absolute atomic E-state index is 12.5. The van der Waals surface area contributed by atoms with Crippen LogP contribution in [-0.4, -0.2) is 31.5 Å². The number of fused-ring (bicyclic) bond motifs is 3. The molecule has 2 bridgehead atoms. The molecule has 6 nitrogen and oxygen atoms in total. The zero-order valence-corrected chi connectivity index (χ0v) is 15.3. The van der Waals surface area contributed by atoms with Gasteiger partial charge in [-0.2, -0.15) is 10.1 Å². The molecule has 2 saturated carbocycles. The molecule has 0 radical (unpaired) electrons. The fourth-order valence-corrected chi connectivity index (χ4v) is 5.10. The Hall–Kier alpha value is -1.98. The van der Waals surface area contributed by atoms with Crippen LogP contribution in [0.25, 0.3) is 5.78 Å². The molecule has 2 aliphatic carbocycles. The van der Waals surface area contributed by atoms with Crippen molar-refractivity contribution in [3.63, 3.8) is 0 Å². The molecule has 0 spiro atoms. The van der Waals surface area contributed by atoms with Crippen molar-refractivity contribution in [1.29, 1.82) is 0 Å². The summed E-state index contributed by atoms with van der Waals surface area (Å²) >= 11 is 0. The van der Waals surface area contributed by atoms with Gasteiger partial charge in [-0.3, -0.25) is 4.79 Å². The Morgan fingerprint density at radius 1 is 1.36 bits per heavy atom. The number of nitrogens with zero attached hydrogens (tertiary/aromatic N) is 4. The molecule has 1 N–H and O–H groups in total. The smallest absolute Gasteiger partial charge is 0.252 e. The van der Waals surface area contributed by atoms with Gasteiger partial charge in [-0.25, -0.2) is 9.50 Å². The zero-order valence-electron chi connectivity index (χ0n) is 15.3. The molecule has 2 aliphatic rings. The molecule has 134 valence electrons. The van der Waals surface area contributed by atoms with E-state index in [0.717, 1.165) is 28.8 Å². The average molecular weight is 341 g/mol. The van der Waals surface area contributed by atoms with E-state index in [-0.39, 0.29) is 5.91 Å². The van der Waals surface area contributed by atoms with Crippen LogP contribution in [0.5, 0.6) is 0 Å². The molecule has 4 atom stereocenters. The SMILES string of the molecule is Cc1nc2ncnn2c(C)c1CCC(=O)N[C@H](C)[C@H]1C[C@H]2CC[C@H]1C2. The summed E-state index contributed by atoms with van der Waals surface area (Å²) in [5, 5.41) is 7.47. The summed E-state index contributed by atoms with van der Waals surface area (Å²) in [5.74, 6) is 3.20. The number of hydrogen-bond donors (Lipinski definition) is 1. The molecule has 6 heteroatoms. The van der Waals surface area contributed by atoms with E-state index < -0.39 is 0 Å². The van der Waals surface area contributed by atoms with E-state index in [4.69, 9.17) is 0 Å². The number of hydrogen-bond acceptors (Lipinski definition) is 4. The summed E-state index contributed by atoms with van der Waals surface area (Å²) in [6, 6.07) is 0.293. The predicted octanol–water partition coefficient (Wildman–Crippen LogP) is 2.61.